The van der Waals surface area contributed by atoms with Crippen LogP contribution in [0.15, 0.2) is 42.5 Å². The molecule has 0 aliphatic rings. The number of benzene rings is 1. The summed E-state index contributed by atoms with van der Waals surface area (Å²) in [5.41, 5.74) is 2.54. The molecule has 0 radical (unpaired) electrons. The number of nitrogens with one attached hydrogen (secondary N) is 2. The summed E-state index contributed by atoms with van der Waals surface area (Å²) < 4.78 is 0. The van der Waals surface area contributed by atoms with Crippen molar-refractivity contribution < 1.29 is 0 Å². The maximum absolute atomic E-state index is 4.41. The molecule has 17 heavy (non-hydrogen) atoms. The molecule has 2 N–H and O–H groups in total. The highest BCUT2D eigenvalue weighted by molar-refractivity contribution is 5.45. The fourth-order valence-electron chi connectivity index (χ4n) is 1.69. The number of hydrogen-bond acceptors (Lipinski definition) is 3. The van der Waals surface area contributed by atoms with Crippen LogP contribution in [0.2, 0.25) is 0 Å². The van der Waals surface area contributed by atoms with Gasteiger partial charge in [-0.25, -0.2) is 4.98 Å². The Morgan fingerprint density at radius 3 is 2.59 bits per heavy atom. The smallest absolute Gasteiger partial charge is 0.128 e. The van der Waals surface area contributed by atoms with E-state index in [1.165, 1.54) is 11.1 Å². The molecule has 0 saturated heterocycles. The van der Waals surface area contributed by atoms with Crippen molar-refractivity contribution in [1.29, 1.82) is 0 Å². The van der Waals surface area contributed by atoms with Crippen LogP contribution in [0.25, 0.3) is 0 Å². The zero-order valence-corrected chi connectivity index (χ0v) is 10.2. The van der Waals surface area contributed by atoms with E-state index in [2.05, 4.69) is 46.8 Å². The van der Waals surface area contributed by atoms with Gasteiger partial charge in [0.15, 0.2) is 0 Å². The highest BCUT2D eigenvalue weighted by Crippen LogP contribution is 2.10. The summed E-state index contributed by atoms with van der Waals surface area (Å²) in [4.78, 5) is 4.41. The average molecular weight is 227 g/mol. The molecule has 0 bridgehead atoms. The SMILES string of the molecule is CNc1cccc(NCc2cccc(C)c2)n1. The summed E-state index contributed by atoms with van der Waals surface area (Å²) in [6.07, 6.45) is 0. The van der Waals surface area contributed by atoms with E-state index < -0.39 is 0 Å². The van der Waals surface area contributed by atoms with Crippen molar-refractivity contribution in [2.75, 3.05) is 17.7 Å². The maximum Gasteiger partial charge on any atom is 0.128 e. The highest BCUT2D eigenvalue weighted by Gasteiger charge is 1.96. The van der Waals surface area contributed by atoms with Crippen LogP contribution in [0.4, 0.5) is 11.6 Å². The van der Waals surface area contributed by atoms with Crippen LogP contribution in [0.3, 0.4) is 0 Å². The number of nitrogens with zero attached hydrogens (tertiary/aromatic N) is 1. The minimum atomic E-state index is 0.793. The molecule has 0 spiro atoms. The molecule has 88 valence electrons. The standard InChI is InChI=1S/C14H17N3/c1-11-5-3-6-12(9-11)10-16-14-8-4-7-13(15-2)17-14/h3-9H,10H2,1-2H3,(H2,15,16,17). The van der Waals surface area contributed by atoms with Crippen molar-refractivity contribution in [1.82, 2.24) is 4.98 Å². The van der Waals surface area contributed by atoms with E-state index in [0.29, 0.717) is 0 Å². The molecule has 0 amide bonds. The Kier molecular flexibility index (Phi) is 3.60. The molecule has 2 aromatic rings. The molecule has 0 unspecified atom stereocenters. The van der Waals surface area contributed by atoms with Crippen LogP contribution >= 0.6 is 0 Å². The van der Waals surface area contributed by atoms with Crippen molar-refractivity contribution in [3.8, 4) is 0 Å². The van der Waals surface area contributed by atoms with E-state index >= 15 is 0 Å². The summed E-state index contributed by atoms with van der Waals surface area (Å²) in [5, 5.41) is 6.34. The average Bonchev–Trinajstić information content (AvgIpc) is 2.37. The second-order valence-corrected chi connectivity index (χ2v) is 4.00. The van der Waals surface area contributed by atoms with Crippen LogP contribution < -0.4 is 10.6 Å². The molecule has 0 aliphatic heterocycles. The van der Waals surface area contributed by atoms with E-state index in [9.17, 15) is 0 Å². The van der Waals surface area contributed by atoms with Crippen LogP contribution in [-0.2, 0) is 6.54 Å². The van der Waals surface area contributed by atoms with Gasteiger partial charge in [-0.05, 0) is 24.6 Å². The molecule has 3 nitrogen and oxygen atoms in total. The third-order valence-electron chi connectivity index (χ3n) is 2.56. The van der Waals surface area contributed by atoms with Crippen molar-refractivity contribution in [3.05, 3.63) is 53.6 Å². The van der Waals surface area contributed by atoms with Gasteiger partial charge in [0.05, 0.1) is 0 Å². The largest absolute Gasteiger partial charge is 0.373 e. The van der Waals surface area contributed by atoms with Gasteiger partial charge in [0, 0.05) is 13.6 Å². The molecule has 0 aliphatic carbocycles. The van der Waals surface area contributed by atoms with Gasteiger partial charge < -0.3 is 10.6 Å². The van der Waals surface area contributed by atoms with Gasteiger partial charge in [0.1, 0.15) is 11.6 Å². The lowest BCUT2D eigenvalue weighted by Crippen LogP contribution is -2.02. The molecule has 1 aromatic carbocycles. The van der Waals surface area contributed by atoms with Gasteiger partial charge in [-0.15, -0.1) is 0 Å². The summed E-state index contributed by atoms with van der Waals surface area (Å²) in [6, 6.07) is 14.4. The normalized spacial score (nSPS) is 10.0. The van der Waals surface area contributed by atoms with E-state index in [0.717, 1.165) is 18.2 Å². The third-order valence-corrected chi connectivity index (χ3v) is 2.56. The third kappa shape index (κ3) is 3.21. The second-order valence-electron chi connectivity index (χ2n) is 4.00. The predicted octanol–water partition coefficient (Wildman–Crippen LogP) is 3.04. The number of pyridine rings is 1. The Bertz CT molecular complexity index is 494. The lowest BCUT2D eigenvalue weighted by atomic mass is 10.1. The number of aryl methyl sites for hydroxylation is 1. The van der Waals surface area contributed by atoms with Gasteiger partial charge in [-0.1, -0.05) is 35.9 Å². The Balaban J connectivity index is 2.02. The molecular weight excluding hydrogens is 210 g/mol. The fraction of sp³-hybridized carbons (Fsp3) is 0.214. The van der Waals surface area contributed by atoms with Crippen LogP contribution in [0.5, 0.6) is 0 Å². The van der Waals surface area contributed by atoms with Crippen LogP contribution in [0, 0.1) is 6.92 Å². The molecule has 2 rings (SSSR count). The van der Waals surface area contributed by atoms with E-state index in [1.807, 2.05) is 25.2 Å². The predicted molar refractivity (Wildman–Crippen MR) is 72.3 cm³/mol. The van der Waals surface area contributed by atoms with E-state index in [-0.39, 0.29) is 0 Å². The van der Waals surface area contributed by atoms with E-state index in [1.54, 1.807) is 0 Å². The summed E-state index contributed by atoms with van der Waals surface area (Å²) in [7, 11) is 1.87. The summed E-state index contributed by atoms with van der Waals surface area (Å²) in [5.74, 6) is 1.76. The Hall–Kier alpha value is -2.03. The van der Waals surface area contributed by atoms with Crippen molar-refractivity contribution in [2.45, 2.75) is 13.5 Å². The summed E-state index contributed by atoms with van der Waals surface area (Å²) >= 11 is 0. The first kappa shape index (κ1) is 11.5. The lowest BCUT2D eigenvalue weighted by molar-refractivity contribution is 1.10. The van der Waals surface area contributed by atoms with Gasteiger partial charge in [0.25, 0.3) is 0 Å². The Labute approximate surface area is 102 Å². The minimum absolute atomic E-state index is 0.793. The van der Waals surface area contributed by atoms with Crippen LogP contribution in [-0.4, -0.2) is 12.0 Å². The first-order valence-electron chi connectivity index (χ1n) is 5.72. The monoisotopic (exact) mass is 227 g/mol. The first-order chi connectivity index (χ1) is 8.28. The first-order valence-corrected chi connectivity index (χ1v) is 5.72. The zero-order valence-electron chi connectivity index (χ0n) is 10.2. The second kappa shape index (κ2) is 5.34. The Morgan fingerprint density at radius 1 is 1.06 bits per heavy atom. The molecular formula is C14H17N3. The van der Waals surface area contributed by atoms with Gasteiger partial charge in [0.2, 0.25) is 0 Å². The maximum atomic E-state index is 4.41. The van der Waals surface area contributed by atoms with Gasteiger partial charge >= 0.3 is 0 Å². The van der Waals surface area contributed by atoms with Crippen LogP contribution in [0.1, 0.15) is 11.1 Å². The number of hydrogen-bond donors (Lipinski definition) is 2. The Morgan fingerprint density at radius 2 is 1.82 bits per heavy atom. The van der Waals surface area contributed by atoms with Gasteiger partial charge in [-0.2, -0.15) is 0 Å². The number of anilines is 2. The molecule has 0 fully saturated rings. The zero-order chi connectivity index (χ0) is 12.1. The lowest BCUT2D eigenvalue weighted by Gasteiger charge is -2.07. The number of rotatable bonds is 4. The quantitative estimate of drug-likeness (QED) is 0.843. The molecule has 0 saturated carbocycles. The van der Waals surface area contributed by atoms with E-state index in [4.69, 9.17) is 0 Å². The summed E-state index contributed by atoms with van der Waals surface area (Å²) in [6.45, 7) is 2.89. The molecule has 1 heterocycles. The topological polar surface area (TPSA) is 37.0 Å². The fourth-order valence-corrected chi connectivity index (χ4v) is 1.69. The van der Waals surface area contributed by atoms with Gasteiger partial charge in [-0.3, -0.25) is 0 Å². The van der Waals surface area contributed by atoms with Crippen molar-refractivity contribution >= 4 is 11.6 Å². The minimum Gasteiger partial charge on any atom is -0.373 e. The van der Waals surface area contributed by atoms with Crippen molar-refractivity contribution in [3.63, 3.8) is 0 Å². The number of aromatic nitrogens is 1. The molecule has 3 heteroatoms. The van der Waals surface area contributed by atoms with Crippen molar-refractivity contribution in [2.24, 2.45) is 0 Å². The molecule has 1 aromatic heterocycles. The molecule has 0 atom stereocenters. The highest BCUT2D eigenvalue weighted by atomic mass is 15.0.